The molecule has 0 aliphatic carbocycles. The Hall–Kier alpha value is -1.18. The van der Waals surface area contributed by atoms with Crippen LogP contribution in [-0.4, -0.2) is 0 Å². The molecule has 2 nitrogen and oxygen atoms in total. The molecule has 0 amide bonds. The normalized spacial score (nSPS) is 9.00. The highest BCUT2D eigenvalue weighted by atomic mass is 14.8. The summed E-state index contributed by atoms with van der Waals surface area (Å²) in [6.45, 7) is 0. The monoisotopic (exact) mass is 120 g/mol. The summed E-state index contributed by atoms with van der Waals surface area (Å²) in [5.41, 5.74) is 6.98. The van der Waals surface area contributed by atoms with Crippen molar-refractivity contribution in [2.75, 3.05) is 11.1 Å². The third-order valence-electron chi connectivity index (χ3n) is 1.05. The van der Waals surface area contributed by atoms with Gasteiger partial charge in [-0.05, 0) is 18.2 Å². The van der Waals surface area contributed by atoms with Gasteiger partial charge in [-0.3, -0.25) is 0 Å². The van der Waals surface area contributed by atoms with Crippen molar-refractivity contribution in [3.63, 3.8) is 0 Å². The van der Waals surface area contributed by atoms with E-state index in [1.54, 1.807) is 12.1 Å². The molecule has 0 aromatic heterocycles. The van der Waals surface area contributed by atoms with Crippen LogP contribution < -0.4 is 11.1 Å². The van der Waals surface area contributed by atoms with Gasteiger partial charge in [0.25, 0.3) is 0 Å². The fourth-order valence-electron chi connectivity index (χ4n) is 0.628. The van der Waals surface area contributed by atoms with Gasteiger partial charge in [0.1, 0.15) is 0 Å². The van der Waals surface area contributed by atoms with Gasteiger partial charge in [-0.2, -0.15) is 0 Å². The van der Waals surface area contributed by atoms with E-state index in [9.17, 15) is 0 Å². The van der Waals surface area contributed by atoms with Gasteiger partial charge in [0, 0.05) is 11.4 Å². The number of nitrogen functional groups attached to an aromatic ring is 1. The molecule has 0 aliphatic heterocycles. The summed E-state index contributed by atoms with van der Waals surface area (Å²) in [5, 5.41) is 2.49. The van der Waals surface area contributed by atoms with E-state index in [1.807, 2.05) is 12.1 Å². The molecule has 1 aromatic carbocycles. The number of rotatable bonds is 1. The van der Waals surface area contributed by atoms with Crippen LogP contribution in [0.2, 0.25) is 0 Å². The summed E-state index contributed by atoms with van der Waals surface area (Å²) in [6, 6.07) is 7.25. The first-order valence-corrected chi connectivity index (χ1v) is 2.65. The maximum Gasteiger partial charge on any atom is 0.0705 e. The Balaban J connectivity index is 2.94. The lowest BCUT2D eigenvalue weighted by molar-refractivity contribution is 1.59. The van der Waals surface area contributed by atoms with Gasteiger partial charge in [0.15, 0.2) is 0 Å². The molecular weight excluding hydrogens is 112 g/mol. The molecule has 2 radical (unpaired) electrons. The van der Waals surface area contributed by atoms with Gasteiger partial charge in [-0.15, -0.1) is 0 Å². The van der Waals surface area contributed by atoms with Crippen molar-refractivity contribution in [2.45, 2.75) is 0 Å². The minimum absolute atomic E-state index is 0.713. The SMILES string of the molecule is [CH]Nc1cccc(N)c1. The first kappa shape index (κ1) is 5.95. The molecule has 3 N–H and O–H groups in total. The largest absolute Gasteiger partial charge is 0.399 e. The van der Waals surface area contributed by atoms with Crippen molar-refractivity contribution >= 4 is 11.4 Å². The second kappa shape index (κ2) is 2.40. The predicted molar refractivity (Wildman–Crippen MR) is 38.8 cm³/mol. The van der Waals surface area contributed by atoms with E-state index in [1.165, 1.54) is 0 Å². The number of anilines is 2. The van der Waals surface area contributed by atoms with Crippen LogP contribution in [0.5, 0.6) is 0 Å². The molecule has 0 saturated carbocycles. The van der Waals surface area contributed by atoms with Crippen LogP contribution in [0, 0.1) is 7.05 Å². The Morgan fingerprint density at radius 2 is 2.22 bits per heavy atom. The fourth-order valence-corrected chi connectivity index (χ4v) is 0.628. The molecule has 0 atom stereocenters. The number of nitrogens with one attached hydrogen (secondary N) is 1. The molecule has 0 bridgehead atoms. The van der Waals surface area contributed by atoms with E-state index in [0.717, 1.165) is 5.69 Å². The molecule has 0 spiro atoms. The van der Waals surface area contributed by atoms with E-state index in [4.69, 9.17) is 12.8 Å². The molecule has 1 rings (SSSR count). The van der Waals surface area contributed by atoms with Crippen LogP contribution in [0.1, 0.15) is 0 Å². The summed E-state index contributed by atoms with van der Waals surface area (Å²) < 4.78 is 0. The first-order chi connectivity index (χ1) is 4.33. The van der Waals surface area contributed by atoms with Crippen LogP contribution >= 0.6 is 0 Å². The Morgan fingerprint density at radius 3 is 2.67 bits per heavy atom. The summed E-state index contributed by atoms with van der Waals surface area (Å²) in [7, 11) is 5.11. The van der Waals surface area contributed by atoms with Crippen LogP contribution in [0.25, 0.3) is 0 Å². The average molecular weight is 120 g/mol. The zero-order valence-electron chi connectivity index (χ0n) is 4.96. The van der Waals surface area contributed by atoms with Crippen molar-refractivity contribution in [1.29, 1.82) is 0 Å². The van der Waals surface area contributed by atoms with Crippen molar-refractivity contribution < 1.29 is 0 Å². The molecule has 0 aliphatic rings. The van der Waals surface area contributed by atoms with Gasteiger partial charge >= 0.3 is 0 Å². The van der Waals surface area contributed by atoms with Crippen LogP contribution in [0.4, 0.5) is 11.4 Å². The molecule has 0 heterocycles. The molecule has 0 fully saturated rings. The quantitative estimate of drug-likeness (QED) is 0.433. The second-order valence-corrected chi connectivity index (χ2v) is 1.77. The molecule has 1 aromatic rings. The van der Waals surface area contributed by atoms with Gasteiger partial charge in [0.2, 0.25) is 0 Å². The maximum absolute atomic E-state index is 5.44. The highest BCUT2D eigenvalue weighted by Crippen LogP contribution is 2.10. The van der Waals surface area contributed by atoms with Crippen LogP contribution in [0.15, 0.2) is 24.3 Å². The minimum Gasteiger partial charge on any atom is -0.399 e. The van der Waals surface area contributed by atoms with Gasteiger partial charge in [-0.25, -0.2) is 0 Å². The number of hydrogen-bond donors (Lipinski definition) is 2. The zero-order valence-corrected chi connectivity index (χ0v) is 4.96. The number of benzene rings is 1. The Bertz CT molecular complexity index is 196. The predicted octanol–water partition coefficient (Wildman–Crippen LogP) is 1.35. The second-order valence-electron chi connectivity index (χ2n) is 1.77. The lowest BCUT2D eigenvalue weighted by Gasteiger charge is -1.97. The van der Waals surface area contributed by atoms with Gasteiger partial charge < -0.3 is 11.1 Å². The number of nitrogens with two attached hydrogens (primary N) is 1. The minimum atomic E-state index is 0.713. The lowest BCUT2D eigenvalue weighted by Crippen LogP contribution is -1.87. The zero-order chi connectivity index (χ0) is 6.69. The van der Waals surface area contributed by atoms with Crippen molar-refractivity contribution in [3.8, 4) is 0 Å². The highest BCUT2D eigenvalue weighted by Gasteiger charge is 1.85. The Morgan fingerprint density at radius 1 is 1.44 bits per heavy atom. The average Bonchev–Trinajstić information content (AvgIpc) is 1.88. The molecule has 2 heteroatoms. The Labute approximate surface area is 54.7 Å². The third-order valence-corrected chi connectivity index (χ3v) is 1.05. The summed E-state index contributed by atoms with van der Waals surface area (Å²) >= 11 is 0. The van der Waals surface area contributed by atoms with Gasteiger partial charge in [-0.1, -0.05) is 6.07 Å². The lowest BCUT2D eigenvalue weighted by atomic mass is 10.3. The van der Waals surface area contributed by atoms with Gasteiger partial charge in [0.05, 0.1) is 7.05 Å². The van der Waals surface area contributed by atoms with Crippen molar-refractivity contribution in [3.05, 3.63) is 31.3 Å². The Kier molecular flexibility index (Phi) is 1.58. The summed E-state index contributed by atoms with van der Waals surface area (Å²) in [5.74, 6) is 0. The van der Waals surface area contributed by atoms with E-state index >= 15 is 0 Å². The van der Waals surface area contributed by atoms with E-state index in [2.05, 4.69) is 5.32 Å². The smallest absolute Gasteiger partial charge is 0.0705 e. The molecule has 46 valence electrons. The van der Waals surface area contributed by atoms with Crippen LogP contribution in [0.3, 0.4) is 0 Å². The van der Waals surface area contributed by atoms with E-state index in [-0.39, 0.29) is 0 Å². The van der Waals surface area contributed by atoms with Crippen molar-refractivity contribution in [2.24, 2.45) is 0 Å². The van der Waals surface area contributed by atoms with Crippen LogP contribution in [-0.2, 0) is 0 Å². The number of hydrogen-bond acceptors (Lipinski definition) is 2. The molecule has 0 saturated heterocycles. The summed E-state index contributed by atoms with van der Waals surface area (Å²) in [4.78, 5) is 0. The molecule has 9 heavy (non-hydrogen) atoms. The van der Waals surface area contributed by atoms with E-state index < -0.39 is 0 Å². The molecule has 0 unspecified atom stereocenters. The topological polar surface area (TPSA) is 38.0 Å². The third kappa shape index (κ3) is 1.35. The van der Waals surface area contributed by atoms with E-state index in [0.29, 0.717) is 5.69 Å². The first-order valence-electron chi connectivity index (χ1n) is 2.65. The maximum atomic E-state index is 5.44. The summed E-state index contributed by atoms with van der Waals surface area (Å²) in [6.07, 6.45) is 0. The molecular formula is C7H8N2. The highest BCUT2D eigenvalue weighted by molar-refractivity contribution is 5.54. The van der Waals surface area contributed by atoms with Crippen molar-refractivity contribution in [1.82, 2.24) is 0 Å². The standard InChI is InChI=1S/C7H8N2/c1-9-7-4-2-3-6(8)5-7/h1-5,9H,8H2. The fraction of sp³-hybridized carbons (Fsp3) is 0.